The number of hydrogen-bond acceptors (Lipinski definition) is 3. The number of para-hydroxylation sites is 1. The van der Waals surface area contributed by atoms with Crippen molar-refractivity contribution in [1.82, 2.24) is 5.32 Å². The van der Waals surface area contributed by atoms with E-state index in [9.17, 15) is 4.79 Å². The Kier molecular flexibility index (Phi) is 9.51. The van der Waals surface area contributed by atoms with E-state index in [1.165, 1.54) is 5.69 Å². The number of carbonyl (C=O) groups is 1. The molecule has 2 aromatic carbocycles. The molecule has 0 fully saturated rings. The summed E-state index contributed by atoms with van der Waals surface area (Å²) in [5.41, 5.74) is 4.13. The fourth-order valence-electron chi connectivity index (χ4n) is 2.96. The molecule has 0 heterocycles. The number of aryl methyl sites for hydroxylation is 1. The van der Waals surface area contributed by atoms with Crippen molar-refractivity contribution in [3.8, 4) is 5.75 Å². The molecule has 0 atom stereocenters. The number of methoxy groups -OCH3 is 1. The molecule has 5 nitrogen and oxygen atoms in total. The molecule has 27 heavy (non-hydrogen) atoms. The summed E-state index contributed by atoms with van der Waals surface area (Å²) in [6, 6.07) is 13.8. The van der Waals surface area contributed by atoms with Crippen LogP contribution in [0.2, 0.25) is 0 Å². The van der Waals surface area contributed by atoms with Gasteiger partial charge in [0.2, 0.25) is 0 Å². The van der Waals surface area contributed by atoms with Gasteiger partial charge in [-0.05, 0) is 62.6 Å². The Morgan fingerprint density at radius 2 is 1.81 bits per heavy atom. The zero-order valence-electron chi connectivity index (χ0n) is 16.5. The Morgan fingerprint density at radius 1 is 1.11 bits per heavy atom. The quantitative estimate of drug-likeness (QED) is 0.712. The van der Waals surface area contributed by atoms with Crippen LogP contribution in [0.3, 0.4) is 0 Å². The van der Waals surface area contributed by atoms with Gasteiger partial charge < -0.3 is 32.7 Å². The fourth-order valence-corrected chi connectivity index (χ4v) is 2.96. The highest BCUT2D eigenvalue weighted by Crippen LogP contribution is 2.22. The van der Waals surface area contributed by atoms with E-state index in [4.69, 9.17) is 4.74 Å². The number of anilines is 2. The number of ether oxygens (including phenoxy) is 1. The van der Waals surface area contributed by atoms with E-state index in [0.717, 1.165) is 42.1 Å². The maximum atomic E-state index is 12.2. The highest BCUT2D eigenvalue weighted by molar-refractivity contribution is 5.90. The third kappa shape index (κ3) is 6.36. The van der Waals surface area contributed by atoms with Crippen molar-refractivity contribution >= 4 is 17.4 Å². The molecule has 0 radical (unpaired) electrons. The lowest BCUT2D eigenvalue weighted by molar-refractivity contribution is -0.00000889. The summed E-state index contributed by atoms with van der Waals surface area (Å²) in [5, 5.41) is 5.83. The summed E-state index contributed by atoms with van der Waals surface area (Å²) in [6.07, 6.45) is 0.720. The molecule has 2 N–H and O–H groups in total. The molecule has 0 aliphatic rings. The second-order valence-corrected chi connectivity index (χ2v) is 6.11. The summed E-state index contributed by atoms with van der Waals surface area (Å²) in [6.45, 7) is 8.76. The Bertz CT molecular complexity index is 733. The number of hydrogen-bond donors (Lipinski definition) is 2. The van der Waals surface area contributed by atoms with Gasteiger partial charge in [0, 0.05) is 31.0 Å². The maximum absolute atomic E-state index is 12.2. The summed E-state index contributed by atoms with van der Waals surface area (Å²) in [5.74, 6) is 0.845. The lowest BCUT2D eigenvalue weighted by atomic mass is 10.1. The van der Waals surface area contributed by atoms with Crippen LogP contribution in [-0.2, 0) is 6.42 Å². The van der Waals surface area contributed by atoms with E-state index in [0.29, 0.717) is 6.54 Å². The van der Waals surface area contributed by atoms with Crippen molar-refractivity contribution < 1.29 is 21.9 Å². The van der Waals surface area contributed by atoms with E-state index in [1.54, 1.807) is 7.11 Å². The summed E-state index contributed by atoms with van der Waals surface area (Å²) >= 11 is 0. The minimum Gasteiger partial charge on any atom is -1.00 e. The average molecular weight is 391 g/mol. The van der Waals surface area contributed by atoms with Crippen LogP contribution in [0.15, 0.2) is 42.5 Å². The monoisotopic (exact) mass is 390 g/mol. The fraction of sp³-hybridized carbons (Fsp3) is 0.381. The number of nitrogens with one attached hydrogen (secondary N) is 2. The minimum absolute atomic E-state index is 0. The lowest BCUT2D eigenvalue weighted by Crippen LogP contribution is -3.00. The summed E-state index contributed by atoms with van der Waals surface area (Å²) in [7, 11) is 1.66. The second kappa shape index (κ2) is 11.3. The maximum Gasteiger partial charge on any atom is 0.319 e. The topological polar surface area (TPSA) is 53.6 Å². The molecule has 0 spiro atoms. The zero-order chi connectivity index (χ0) is 18.9. The molecule has 148 valence electrons. The standard InChI is InChI=1S/C21H29N3O2.ClH/c1-5-24(6-2)18-11-12-19(16(3)15-18)23-21(25)22-14-13-17-9-7-8-10-20(17)26-4;/h7-12,15H,5-6,13-14H2,1-4H3,(H2,22,23,25);1H/p-1. The van der Waals surface area contributed by atoms with Crippen LogP contribution in [-0.4, -0.2) is 32.8 Å². The Balaban J connectivity index is 0.00000364. The Labute approximate surface area is 168 Å². The van der Waals surface area contributed by atoms with Crippen LogP contribution < -0.4 is 32.7 Å². The molecule has 2 amide bonds. The largest absolute Gasteiger partial charge is 1.00 e. The van der Waals surface area contributed by atoms with Gasteiger partial charge in [-0.3, -0.25) is 0 Å². The van der Waals surface area contributed by atoms with Crippen LogP contribution in [0, 0.1) is 6.92 Å². The first-order valence-corrected chi connectivity index (χ1v) is 9.11. The zero-order valence-corrected chi connectivity index (χ0v) is 17.3. The van der Waals surface area contributed by atoms with Gasteiger partial charge >= 0.3 is 6.03 Å². The first-order valence-electron chi connectivity index (χ1n) is 9.11. The van der Waals surface area contributed by atoms with Gasteiger partial charge in [0.25, 0.3) is 0 Å². The van der Waals surface area contributed by atoms with Crippen LogP contribution in [0.1, 0.15) is 25.0 Å². The van der Waals surface area contributed by atoms with Gasteiger partial charge in [-0.1, -0.05) is 18.2 Å². The van der Waals surface area contributed by atoms with Crippen LogP contribution in [0.5, 0.6) is 5.75 Å². The van der Waals surface area contributed by atoms with Crippen molar-refractivity contribution in [3.05, 3.63) is 53.6 Å². The number of amides is 2. The lowest BCUT2D eigenvalue weighted by Gasteiger charge is -2.22. The Morgan fingerprint density at radius 3 is 2.44 bits per heavy atom. The number of carbonyl (C=O) groups excluding carboxylic acids is 1. The summed E-state index contributed by atoms with van der Waals surface area (Å²) < 4.78 is 5.33. The molecule has 0 unspecified atom stereocenters. The molecule has 6 heteroatoms. The smallest absolute Gasteiger partial charge is 0.319 e. The van der Waals surface area contributed by atoms with E-state index >= 15 is 0 Å². The molecule has 0 saturated heterocycles. The number of urea groups is 1. The predicted octanol–water partition coefficient (Wildman–Crippen LogP) is 1.22. The van der Waals surface area contributed by atoms with Gasteiger partial charge in [0.1, 0.15) is 5.75 Å². The van der Waals surface area contributed by atoms with E-state index < -0.39 is 0 Å². The van der Waals surface area contributed by atoms with Gasteiger partial charge in [0.05, 0.1) is 7.11 Å². The number of rotatable bonds is 8. The third-order valence-corrected chi connectivity index (χ3v) is 4.46. The van der Waals surface area contributed by atoms with Crippen molar-refractivity contribution in [2.75, 3.05) is 37.0 Å². The average Bonchev–Trinajstić information content (AvgIpc) is 2.65. The SMILES string of the molecule is CCN(CC)c1ccc(NC(=O)NCCc2ccccc2OC)c(C)c1.[Cl-]. The van der Waals surface area contributed by atoms with Gasteiger partial charge in [-0.2, -0.15) is 0 Å². The van der Waals surface area contributed by atoms with Crippen molar-refractivity contribution in [2.45, 2.75) is 27.2 Å². The van der Waals surface area contributed by atoms with Crippen LogP contribution in [0.4, 0.5) is 16.2 Å². The van der Waals surface area contributed by atoms with Crippen molar-refractivity contribution in [1.29, 1.82) is 0 Å². The second-order valence-electron chi connectivity index (χ2n) is 6.11. The number of halogens is 1. The molecule has 0 saturated carbocycles. The molecule has 0 bridgehead atoms. The highest BCUT2D eigenvalue weighted by Gasteiger charge is 2.08. The van der Waals surface area contributed by atoms with E-state index in [1.807, 2.05) is 43.3 Å². The van der Waals surface area contributed by atoms with Crippen LogP contribution >= 0.6 is 0 Å². The van der Waals surface area contributed by atoms with Crippen molar-refractivity contribution in [2.24, 2.45) is 0 Å². The number of nitrogens with zero attached hydrogens (tertiary/aromatic N) is 1. The van der Waals surface area contributed by atoms with Gasteiger partial charge in [-0.25, -0.2) is 4.79 Å². The summed E-state index contributed by atoms with van der Waals surface area (Å²) in [4.78, 5) is 14.5. The first kappa shape index (κ1) is 22.6. The van der Waals surface area contributed by atoms with E-state index in [-0.39, 0.29) is 18.4 Å². The number of benzene rings is 2. The highest BCUT2D eigenvalue weighted by atomic mass is 35.5. The van der Waals surface area contributed by atoms with Crippen LogP contribution in [0.25, 0.3) is 0 Å². The van der Waals surface area contributed by atoms with Crippen molar-refractivity contribution in [3.63, 3.8) is 0 Å². The molecule has 2 rings (SSSR count). The molecule has 0 aromatic heterocycles. The predicted molar refractivity (Wildman–Crippen MR) is 108 cm³/mol. The molecule has 0 aliphatic carbocycles. The molecule has 2 aromatic rings. The normalized spacial score (nSPS) is 9.93. The third-order valence-electron chi connectivity index (χ3n) is 4.46. The van der Waals surface area contributed by atoms with Gasteiger partial charge in [-0.15, -0.1) is 0 Å². The first-order chi connectivity index (χ1) is 12.6. The molecular formula is C21H29ClN3O2-. The minimum atomic E-state index is -0.196. The molecular weight excluding hydrogens is 362 g/mol. The van der Waals surface area contributed by atoms with E-state index in [2.05, 4.69) is 35.4 Å². The van der Waals surface area contributed by atoms with Gasteiger partial charge in [0.15, 0.2) is 0 Å². The Hall–Kier alpha value is -2.40. The molecule has 0 aliphatic heterocycles.